The van der Waals surface area contributed by atoms with Gasteiger partial charge in [0, 0.05) is 20.5 Å². The highest BCUT2D eigenvalue weighted by molar-refractivity contribution is 14.1. The van der Waals surface area contributed by atoms with Crippen molar-refractivity contribution >= 4 is 33.4 Å². The van der Waals surface area contributed by atoms with Crippen molar-refractivity contribution in [2.75, 3.05) is 7.11 Å². The molecule has 0 spiro atoms. The monoisotopic (exact) mass is 303 g/mol. The maximum atomic E-state index is 13.0. The fourth-order valence-corrected chi connectivity index (χ4v) is 1.90. The normalized spacial score (nSPS) is 10.5. The van der Waals surface area contributed by atoms with Gasteiger partial charge in [0.25, 0.3) is 0 Å². The minimum absolute atomic E-state index is 0.247. The highest BCUT2D eigenvalue weighted by atomic mass is 127. The van der Waals surface area contributed by atoms with Gasteiger partial charge in [-0.1, -0.05) is 0 Å². The number of hydrogen-bond donors (Lipinski definition) is 0. The predicted octanol–water partition coefficient (Wildman–Crippen LogP) is 2.99. The first-order chi connectivity index (χ1) is 6.72. The van der Waals surface area contributed by atoms with Crippen LogP contribution in [0.1, 0.15) is 0 Å². The highest BCUT2D eigenvalue weighted by Gasteiger charge is 2.06. The zero-order valence-corrected chi connectivity index (χ0v) is 9.58. The fourth-order valence-electron chi connectivity index (χ4n) is 1.32. The van der Waals surface area contributed by atoms with E-state index in [1.807, 2.05) is 0 Å². The van der Waals surface area contributed by atoms with Crippen LogP contribution in [0.5, 0.6) is 5.88 Å². The second-order valence-corrected chi connectivity index (χ2v) is 3.97. The number of hydrogen-bond acceptors (Lipinski definition) is 2. The number of ether oxygens (including phenoxy) is 1. The van der Waals surface area contributed by atoms with Crippen molar-refractivity contribution in [1.29, 1.82) is 0 Å². The van der Waals surface area contributed by atoms with Crippen LogP contribution < -0.4 is 4.74 Å². The van der Waals surface area contributed by atoms with Crippen LogP contribution in [-0.2, 0) is 0 Å². The number of nitrogens with zero attached hydrogens (tertiary/aromatic N) is 1. The van der Waals surface area contributed by atoms with Crippen LogP contribution in [-0.4, -0.2) is 12.1 Å². The number of benzene rings is 1. The number of aromatic nitrogens is 1. The number of fused-ring (bicyclic) bond motifs is 1. The maximum Gasteiger partial charge on any atom is 0.221 e. The van der Waals surface area contributed by atoms with Crippen LogP contribution in [0.15, 0.2) is 24.4 Å². The van der Waals surface area contributed by atoms with Crippen LogP contribution in [0, 0.1) is 9.39 Å². The third kappa shape index (κ3) is 1.54. The fraction of sp³-hybridized carbons (Fsp3) is 0.100. The molecule has 0 unspecified atom stereocenters. The average Bonchev–Trinajstić information content (AvgIpc) is 2.19. The largest absolute Gasteiger partial charge is 0.481 e. The minimum atomic E-state index is -0.247. The molecular weight excluding hydrogens is 296 g/mol. The van der Waals surface area contributed by atoms with Gasteiger partial charge in [-0.2, -0.15) is 0 Å². The van der Waals surface area contributed by atoms with E-state index in [0.29, 0.717) is 5.88 Å². The van der Waals surface area contributed by atoms with Crippen LogP contribution in [0.3, 0.4) is 0 Å². The molecular formula is C10H7FINO. The Kier molecular flexibility index (Phi) is 2.54. The number of rotatable bonds is 1. The molecule has 0 saturated heterocycles. The number of methoxy groups -OCH3 is 1. The minimum Gasteiger partial charge on any atom is -0.481 e. The molecule has 0 atom stereocenters. The molecule has 0 aliphatic heterocycles. The van der Waals surface area contributed by atoms with Crippen molar-refractivity contribution in [2.24, 2.45) is 0 Å². The Bertz CT molecular complexity index is 487. The van der Waals surface area contributed by atoms with Crippen LogP contribution in [0.25, 0.3) is 10.8 Å². The second kappa shape index (κ2) is 3.68. The smallest absolute Gasteiger partial charge is 0.221 e. The lowest BCUT2D eigenvalue weighted by Gasteiger charge is -2.05. The first-order valence-electron chi connectivity index (χ1n) is 4.00. The van der Waals surface area contributed by atoms with E-state index in [9.17, 15) is 4.39 Å². The molecule has 1 heterocycles. The molecule has 0 aliphatic rings. The van der Waals surface area contributed by atoms with E-state index < -0.39 is 0 Å². The van der Waals surface area contributed by atoms with E-state index in [-0.39, 0.29) is 5.82 Å². The Labute approximate surface area is 94.2 Å². The van der Waals surface area contributed by atoms with Crippen molar-refractivity contribution in [3.05, 3.63) is 33.8 Å². The zero-order valence-electron chi connectivity index (χ0n) is 7.42. The number of pyridine rings is 1. The maximum absolute atomic E-state index is 13.0. The zero-order chi connectivity index (χ0) is 10.1. The lowest BCUT2D eigenvalue weighted by molar-refractivity contribution is 0.403. The first-order valence-corrected chi connectivity index (χ1v) is 5.08. The van der Waals surface area contributed by atoms with Gasteiger partial charge in [0.2, 0.25) is 5.88 Å². The Balaban J connectivity index is 2.84. The van der Waals surface area contributed by atoms with Gasteiger partial charge >= 0.3 is 0 Å². The lowest BCUT2D eigenvalue weighted by atomic mass is 10.2. The van der Waals surface area contributed by atoms with Crippen LogP contribution >= 0.6 is 22.6 Å². The van der Waals surface area contributed by atoms with Crippen molar-refractivity contribution < 1.29 is 9.13 Å². The summed E-state index contributed by atoms with van der Waals surface area (Å²) < 4.78 is 19.0. The van der Waals surface area contributed by atoms with Crippen molar-refractivity contribution in [2.45, 2.75) is 0 Å². The average molecular weight is 303 g/mol. The van der Waals surface area contributed by atoms with Gasteiger partial charge in [-0.3, -0.25) is 0 Å². The standard InChI is InChI=1S/C10H7FINO/c1-14-10-7-3-2-6(11)4-8(7)9(12)5-13-10/h2-5H,1H3. The number of halogens is 2. The molecule has 1 aromatic carbocycles. The molecule has 0 amide bonds. The summed E-state index contributed by atoms with van der Waals surface area (Å²) in [5.41, 5.74) is 0. The van der Waals surface area contributed by atoms with Crippen molar-refractivity contribution in [1.82, 2.24) is 4.98 Å². The summed E-state index contributed by atoms with van der Waals surface area (Å²) in [4.78, 5) is 4.10. The van der Waals surface area contributed by atoms with Gasteiger partial charge in [-0.05, 0) is 40.8 Å². The van der Waals surface area contributed by atoms with Gasteiger partial charge in [-0.15, -0.1) is 0 Å². The molecule has 0 fully saturated rings. The summed E-state index contributed by atoms with van der Waals surface area (Å²) in [6.07, 6.45) is 1.67. The SMILES string of the molecule is COc1ncc(I)c2cc(F)ccc12. The summed E-state index contributed by atoms with van der Waals surface area (Å²) in [5.74, 6) is 0.282. The second-order valence-electron chi connectivity index (χ2n) is 2.81. The molecule has 72 valence electrons. The van der Waals surface area contributed by atoms with E-state index in [2.05, 4.69) is 27.6 Å². The van der Waals surface area contributed by atoms with Crippen molar-refractivity contribution in [3.63, 3.8) is 0 Å². The topological polar surface area (TPSA) is 22.1 Å². The molecule has 0 radical (unpaired) electrons. The Morgan fingerprint density at radius 2 is 2.14 bits per heavy atom. The summed E-state index contributed by atoms with van der Waals surface area (Å²) in [7, 11) is 1.55. The Morgan fingerprint density at radius 3 is 2.86 bits per heavy atom. The molecule has 2 aromatic rings. The summed E-state index contributed by atoms with van der Waals surface area (Å²) in [6.45, 7) is 0. The molecule has 0 N–H and O–H groups in total. The quantitative estimate of drug-likeness (QED) is 0.756. The van der Waals surface area contributed by atoms with Crippen LogP contribution in [0.2, 0.25) is 0 Å². The molecule has 4 heteroatoms. The Morgan fingerprint density at radius 1 is 1.36 bits per heavy atom. The highest BCUT2D eigenvalue weighted by Crippen LogP contribution is 2.27. The van der Waals surface area contributed by atoms with Crippen molar-refractivity contribution in [3.8, 4) is 5.88 Å². The van der Waals surface area contributed by atoms with E-state index in [1.54, 1.807) is 19.4 Å². The summed E-state index contributed by atoms with van der Waals surface area (Å²) in [5, 5.41) is 1.67. The van der Waals surface area contributed by atoms with Gasteiger partial charge in [0.1, 0.15) is 5.82 Å². The third-order valence-electron chi connectivity index (χ3n) is 1.96. The van der Waals surface area contributed by atoms with Gasteiger partial charge in [0.05, 0.1) is 7.11 Å². The molecule has 0 saturated carbocycles. The molecule has 1 aromatic heterocycles. The molecule has 2 rings (SSSR count). The molecule has 14 heavy (non-hydrogen) atoms. The molecule has 2 nitrogen and oxygen atoms in total. The van der Waals surface area contributed by atoms with E-state index in [1.165, 1.54) is 12.1 Å². The van der Waals surface area contributed by atoms with E-state index in [4.69, 9.17) is 4.74 Å². The molecule has 0 aliphatic carbocycles. The van der Waals surface area contributed by atoms with E-state index >= 15 is 0 Å². The van der Waals surface area contributed by atoms with Gasteiger partial charge in [-0.25, -0.2) is 9.37 Å². The van der Waals surface area contributed by atoms with Gasteiger partial charge in [0.15, 0.2) is 0 Å². The lowest BCUT2D eigenvalue weighted by Crippen LogP contribution is -1.91. The summed E-state index contributed by atoms with van der Waals surface area (Å²) >= 11 is 2.12. The first kappa shape index (κ1) is 9.64. The Hall–Kier alpha value is -0.910. The third-order valence-corrected chi connectivity index (χ3v) is 2.82. The molecule has 0 bridgehead atoms. The predicted molar refractivity (Wildman–Crippen MR) is 61.0 cm³/mol. The summed E-state index contributed by atoms with van der Waals surface area (Å²) in [6, 6.07) is 4.57. The van der Waals surface area contributed by atoms with E-state index in [0.717, 1.165) is 14.3 Å². The van der Waals surface area contributed by atoms with Crippen LogP contribution in [0.4, 0.5) is 4.39 Å². The van der Waals surface area contributed by atoms with Gasteiger partial charge < -0.3 is 4.74 Å².